The second-order valence-electron chi connectivity index (χ2n) is 11.9. The van der Waals surface area contributed by atoms with Crippen molar-refractivity contribution in [2.24, 2.45) is 5.92 Å². The fourth-order valence-corrected chi connectivity index (χ4v) is 6.56. The average Bonchev–Trinajstić information content (AvgIpc) is 3.59. The number of hydrogen-bond acceptors (Lipinski definition) is 7. The van der Waals surface area contributed by atoms with Crippen molar-refractivity contribution in [3.05, 3.63) is 58.9 Å². The lowest BCUT2D eigenvalue weighted by molar-refractivity contribution is 0.230. The molecule has 3 aliphatic heterocycles. The molecule has 1 unspecified atom stereocenters. The molecule has 40 heavy (non-hydrogen) atoms. The summed E-state index contributed by atoms with van der Waals surface area (Å²) in [7, 11) is 0. The van der Waals surface area contributed by atoms with Gasteiger partial charge in [0.05, 0.1) is 18.0 Å². The van der Waals surface area contributed by atoms with Crippen LogP contribution in [0.25, 0.3) is 5.69 Å². The van der Waals surface area contributed by atoms with Gasteiger partial charge < -0.3 is 25.2 Å². The summed E-state index contributed by atoms with van der Waals surface area (Å²) >= 11 is 0. The molecule has 2 fully saturated rings. The minimum Gasteiger partial charge on any atom is -0.477 e. The molecular weight excluding hydrogens is 498 g/mol. The van der Waals surface area contributed by atoms with Gasteiger partial charge in [0.15, 0.2) is 0 Å². The summed E-state index contributed by atoms with van der Waals surface area (Å²) in [5.74, 6) is 2.78. The summed E-state index contributed by atoms with van der Waals surface area (Å²) in [6.07, 6.45) is 4.57. The van der Waals surface area contributed by atoms with E-state index in [9.17, 15) is 0 Å². The molecule has 6 rings (SSSR count). The van der Waals surface area contributed by atoms with Gasteiger partial charge in [0.1, 0.15) is 5.82 Å². The first-order valence-electron chi connectivity index (χ1n) is 15.3. The topological polar surface area (TPSA) is 70.5 Å². The molecule has 2 aromatic heterocycles. The lowest BCUT2D eigenvalue weighted by Crippen LogP contribution is -2.43. The normalized spacial score (nSPS) is 20.3. The van der Waals surface area contributed by atoms with E-state index in [1.807, 2.05) is 6.07 Å². The number of likely N-dealkylation sites (tertiary alicyclic amines) is 1. The van der Waals surface area contributed by atoms with Gasteiger partial charge in [-0.2, -0.15) is 10.1 Å². The van der Waals surface area contributed by atoms with Crippen LogP contribution >= 0.6 is 0 Å². The van der Waals surface area contributed by atoms with E-state index in [2.05, 4.69) is 76.2 Å². The van der Waals surface area contributed by atoms with Crippen LogP contribution in [0.5, 0.6) is 5.88 Å². The van der Waals surface area contributed by atoms with Crippen LogP contribution < -0.4 is 20.3 Å². The maximum Gasteiger partial charge on any atom is 0.215 e. The van der Waals surface area contributed by atoms with E-state index in [-0.39, 0.29) is 0 Å². The molecule has 1 aromatic carbocycles. The summed E-state index contributed by atoms with van der Waals surface area (Å²) in [5, 5.41) is 11.7. The van der Waals surface area contributed by atoms with Gasteiger partial charge in [-0.05, 0) is 93.5 Å². The van der Waals surface area contributed by atoms with Gasteiger partial charge in [-0.15, -0.1) is 0 Å². The molecule has 8 nitrogen and oxygen atoms in total. The molecule has 0 radical (unpaired) electrons. The van der Waals surface area contributed by atoms with Gasteiger partial charge in [0.25, 0.3) is 0 Å². The Morgan fingerprint density at radius 2 is 1.88 bits per heavy atom. The van der Waals surface area contributed by atoms with Gasteiger partial charge in [-0.25, -0.2) is 4.68 Å². The molecule has 2 saturated heterocycles. The van der Waals surface area contributed by atoms with Crippen LogP contribution in [0.4, 0.5) is 11.5 Å². The zero-order valence-corrected chi connectivity index (χ0v) is 24.5. The third kappa shape index (κ3) is 6.13. The van der Waals surface area contributed by atoms with Crippen molar-refractivity contribution >= 4 is 11.5 Å². The van der Waals surface area contributed by atoms with E-state index in [4.69, 9.17) is 14.8 Å². The maximum absolute atomic E-state index is 6.18. The Morgan fingerprint density at radius 3 is 2.67 bits per heavy atom. The predicted octanol–water partition coefficient (Wildman–Crippen LogP) is 4.55. The van der Waals surface area contributed by atoms with E-state index < -0.39 is 0 Å². The van der Waals surface area contributed by atoms with Gasteiger partial charge in [0.2, 0.25) is 5.88 Å². The van der Waals surface area contributed by atoms with Crippen molar-refractivity contribution in [3.63, 3.8) is 0 Å². The third-order valence-electron chi connectivity index (χ3n) is 8.81. The number of piperazine rings is 1. The summed E-state index contributed by atoms with van der Waals surface area (Å²) < 4.78 is 8.30. The Labute approximate surface area is 239 Å². The van der Waals surface area contributed by atoms with Crippen molar-refractivity contribution < 1.29 is 4.74 Å². The molecule has 2 N–H and O–H groups in total. The Kier molecular flexibility index (Phi) is 8.25. The van der Waals surface area contributed by atoms with Crippen LogP contribution in [0.3, 0.4) is 0 Å². The highest BCUT2D eigenvalue weighted by molar-refractivity contribution is 5.57. The molecule has 8 heteroatoms. The fourth-order valence-electron chi connectivity index (χ4n) is 6.56. The van der Waals surface area contributed by atoms with Gasteiger partial charge in [-0.1, -0.05) is 6.92 Å². The number of fused-ring (bicyclic) bond motifs is 1. The molecule has 3 aromatic rings. The van der Waals surface area contributed by atoms with Crippen LogP contribution in [0.1, 0.15) is 54.6 Å². The van der Waals surface area contributed by atoms with Crippen LogP contribution in [0, 0.1) is 19.8 Å². The summed E-state index contributed by atoms with van der Waals surface area (Å²) in [6, 6.07) is 13.5. The number of nitrogens with one attached hydrogen (secondary N) is 2. The molecule has 214 valence electrons. The van der Waals surface area contributed by atoms with Crippen LogP contribution in [0.2, 0.25) is 0 Å². The number of ether oxygens (including phenoxy) is 1. The molecule has 0 amide bonds. The summed E-state index contributed by atoms with van der Waals surface area (Å²) in [6.45, 7) is 15.7. The summed E-state index contributed by atoms with van der Waals surface area (Å²) in [5.41, 5.74) is 7.46. The van der Waals surface area contributed by atoms with Crippen LogP contribution in [-0.4, -0.2) is 78.6 Å². The number of nitrogens with zero attached hydrogens (tertiary/aromatic N) is 5. The zero-order valence-electron chi connectivity index (χ0n) is 24.5. The number of aryl methyl sites for hydroxylation is 3. The van der Waals surface area contributed by atoms with E-state index in [1.165, 1.54) is 41.0 Å². The number of aromatic nitrogens is 3. The first kappa shape index (κ1) is 27.1. The largest absolute Gasteiger partial charge is 0.477 e. The Bertz CT molecular complexity index is 1300. The zero-order chi connectivity index (χ0) is 27.5. The highest BCUT2D eigenvalue weighted by Crippen LogP contribution is 2.31. The third-order valence-corrected chi connectivity index (χ3v) is 8.81. The molecule has 0 spiro atoms. The Morgan fingerprint density at radius 1 is 1.02 bits per heavy atom. The van der Waals surface area contributed by atoms with Crippen LogP contribution in [0.15, 0.2) is 36.4 Å². The minimum absolute atomic E-state index is 0.478. The maximum atomic E-state index is 6.18. The number of benzene rings is 1. The lowest BCUT2D eigenvalue weighted by Gasteiger charge is -2.31. The molecule has 0 bridgehead atoms. The second kappa shape index (κ2) is 12.2. The first-order chi connectivity index (χ1) is 19.6. The van der Waals surface area contributed by atoms with E-state index in [0.717, 1.165) is 89.2 Å². The Hall–Kier alpha value is -3.10. The van der Waals surface area contributed by atoms with Gasteiger partial charge in [-0.3, -0.25) is 0 Å². The quantitative estimate of drug-likeness (QED) is 0.410. The predicted molar refractivity (Wildman–Crippen MR) is 162 cm³/mol. The number of pyridine rings is 1. The first-order valence-corrected chi connectivity index (χ1v) is 15.3. The second-order valence-corrected chi connectivity index (χ2v) is 11.9. The standard InChI is InChI=1S/C32H45N7O/c1-4-26(21-37-13-9-25(20-37)22-40-31-8-7-27-6-5-10-34-32(27)35-31)28-17-29(38-14-11-33-12-15-38)19-30(18-28)39-24(3)16-23(2)36-39/h7-8,16-19,25-26,33H,4-6,9-15,20-22H2,1-3H3,(H,34,35)/t25-,26?/m1/s1. The smallest absolute Gasteiger partial charge is 0.215 e. The molecule has 0 saturated carbocycles. The molecule has 5 heterocycles. The minimum atomic E-state index is 0.478. The van der Waals surface area contributed by atoms with Crippen molar-refractivity contribution in [1.29, 1.82) is 0 Å². The number of rotatable bonds is 9. The fraction of sp³-hybridized carbons (Fsp3) is 0.562. The SMILES string of the molecule is CCC(CN1CC[C@@H](COc2ccc3c(n2)NCCC3)C1)c1cc(N2CCNCC2)cc(-n2nc(C)cc2C)c1. The highest BCUT2D eigenvalue weighted by Gasteiger charge is 2.26. The van der Waals surface area contributed by atoms with Crippen molar-refractivity contribution in [1.82, 2.24) is 25.0 Å². The van der Waals surface area contributed by atoms with E-state index >= 15 is 0 Å². The van der Waals surface area contributed by atoms with Gasteiger partial charge >= 0.3 is 0 Å². The van der Waals surface area contributed by atoms with Gasteiger partial charge in [0, 0.05) is 69.2 Å². The van der Waals surface area contributed by atoms with Crippen molar-refractivity contribution in [2.45, 2.75) is 52.4 Å². The van der Waals surface area contributed by atoms with Crippen molar-refractivity contribution in [2.75, 3.05) is 69.2 Å². The monoisotopic (exact) mass is 543 g/mol. The number of anilines is 2. The van der Waals surface area contributed by atoms with Crippen molar-refractivity contribution in [3.8, 4) is 11.6 Å². The number of hydrogen-bond donors (Lipinski definition) is 2. The highest BCUT2D eigenvalue weighted by atomic mass is 16.5. The molecule has 0 aliphatic carbocycles. The average molecular weight is 544 g/mol. The summed E-state index contributed by atoms with van der Waals surface area (Å²) in [4.78, 5) is 9.89. The Balaban J connectivity index is 1.13. The molecule has 3 aliphatic rings. The van der Waals surface area contributed by atoms with E-state index in [1.54, 1.807) is 0 Å². The van der Waals surface area contributed by atoms with E-state index in [0.29, 0.717) is 11.8 Å². The molecule has 2 atom stereocenters. The molecular formula is C32H45N7O. The van der Waals surface area contributed by atoms with Crippen LogP contribution in [-0.2, 0) is 6.42 Å². The lowest BCUT2D eigenvalue weighted by atomic mass is 9.94.